The van der Waals surface area contributed by atoms with E-state index in [0.29, 0.717) is 54.4 Å². The van der Waals surface area contributed by atoms with Gasteiger partial charge in [0.25, 0.3) is 0 Å². The lowest BCUT2D eigenvalue weighted by Gasteiger charge is -2.33. The summed E-state index contributed by atoms with van der Waals surface area (Å²) in [5.41, 5.74) is 0.574. The minimum atomic E-state index is -0.172. The molecule has 9 heteroatoms. The van der Waals surface area contributed by atoms with Crippen molar-refractivity contribution in [3.8, 4) is 17.2 Å². The van der Waals surface area contributed by atoms with Crippen molar-refractivity contribution in [2.75, 3.05) is 59.4 Å². The van der Waals surface area contributed by atoms with Gasteiger partial charge in [0.1, 0.15) is 0 Å². The third-order valence-corrected chi connectivity index (χ3v) is 7.18. The number of carbonyl (C=O) groups excluding carboxylic acids is 2. The van der Waals surface area contributed by atoms with E-state index in [4.69, 9.17) is 14.2 Å². The molecule has 3 rings (SSSR count). The normalized spacial score (nSPS) is 19.2. The van der Waals surface area contributed by atoms with Crippen molar-refractivity contribution >= 4 is 17.6 Å². The fraction of sp³-hybridized carbons (Fsp3) is 0.692. The molecule has 0 spiro atoms. The zero-order valence-electron chi connectivity index (χ0n) is 21.7. The summed E-state index contributed by atoms with van der Waals surface area (Å²) < 4.78 is 16.0. The van der Waals surface area contributed by atoms with Gasteiger partial charge in [-0.05, 0) is 51.5 Å². The minimum absolute atomic E-state index is 0.122. The Bertz CT molecular complexity index is 816. The summed E-state index contributed by atoms with van der Waals surface area (Å²) in [6.07, 6.45) is 7.07. The Hall–Kier alpha value is -2.68. The van der Waals surface area contributed by atoms with E-state index >= 15 is 0 Å². The molecule has 2 heterocycles. The molecule has 2 fully saturated rings. The first-order chi connectivity index (χ1) is 16.9. The Labute approximate surface area is 209 Å². The van der Waals surface area contributed by atoms with Crippen molar-refractivity contribution in [1.29, 1.82) is 0 Å². The number of ether oxygens (including phenoxy) is 3. The van der Waals surface area contributed by atoms with Gasteiger partial charge < -0.3 is 34.6 Å². The molecule has 0 aliphatic carbocycles. The molecule has 1 atom stereocenters. The zero-order chi connectivity index (χ0) is 25.2. The lowest BCUT2D eigenvalue weighted by atomic mass is 9.93. The fourth-order valence-corrected chi connectivity index (χ4v) is 5.03. The van der Waals surface area contributed by atoms with Crippen LogP contribution >= 0.6 is 0 Å². The number of nitrogens with one attached hydrogen (secondary N) is 2. The summed E-state index contributed by atoms with van der Waals surface area (Å²) in [6, 6.07) is 3.91. The number of carbonyl (C=O) groups is 2. The first-order valence-electron chi connectivity index (χ1n) is 12.8. The van der Waals surface area contributed by atoms with Crippen molar-refractivity contribution in [1.82, 2.24) is 15.1 Å². The Kier molecular flexibility index (Phi) is 10.3. The molecule has 0 saturated carbocycles. The van der Waals surface area contributed by atoms with E-state index in [-0.39, 0.29) is 11.9 Å². The Morgan fingerprint density at radius 3 is 2.26 bits per heavy atom. The average molecular weight is 491 g/mol. The van der Waals surface area contributed by atoms with Gasteiger partial charge in [-0.15, -0.1) is 0 Å². The largest absolute Gasteiger partial charge is 0.493 e. The standard InChI is InChI=1S/C26H42N4O5/c1-19-8-5-6-12-29(19)13-7-11-27-24(31)16-20-9-14-30(15-10-20)26(32)28-21-17-22(33-2)25(35-4)23(18-21)34-3/h17-20H,5-16H2,1-4H3,(H,27,31)(H,28,32)/t19-/m1/s1. The van der Waals surface area contributed by atoms with Crippen molar-refractivity contribution in [3.63, 3.8) is 0 Å². The number of likely N-dealkylation sites (tertiary alicyclic amines) is 2. The first kappa shape index (κ1) is 26.9. The highest BCUT2D eigenvalue weighted by Crippen LogP contribution is 2.40. The van der Waals surface area contributed by atoms with Crippen LogP contribution in [-0.4, -0.2) is 81.8 Å². The Morgan fingerprint density at radius 1 is 0.971 bits per heavy atom. The Balaban J connectivity index is 1.37. The number of anilines is 1. The molecule has 2 aliphatic heterocycles. The fourth-order valence-electron chi connectivity index (χ4n) is 5.03. The van der Waals surface area contributed by atoms with Crippen LogP contribution in [0, 0.1) is 5.92 Å². The van der Waals surface area contributed by atoms with E-state index in [1.54, 1.807) is 38.4 Å². The molecular weight excluding hydrogens is 448 g/mol. The summed E-state index contributed by atoms with van der Waals surface area (Å²) >= 11 is 0. The maximum absolute atomic E-state index is 12.8. The van der Waals surface area contributed by atoms with Gasteiger partial charge in [0, 0.05) is 50.8 Å². The minimum Gasteiger partial charge on any atom is -0.493 e. The molecule has 2 N–H and O–H groups in total. The number of amides is 3. The van der Waals surface area contributed by atoms with Crippen molar-refractivity contribution in [2.45, 2.75) is 57.9 Å². The van der Waals surface area contributed by atoms with Gasteiger partial charge in [-0.25, -0.2) is 4.79 Å². The topological polar surface area (TPSA) is 92.4 Å². The van der Waals surface area contributed by atoms with Gasteiger partial charge in [-0.3, -0.25) is 4.79 Å². The second-order valence-corrected chi connectivity index (χ2v) is 9.56. The number of benzene rings is 1. The average Bonchev–Trinajstić information content (AvgIpc) is 2.87. The maximum atomic E-state index is 12.8. The molecule has 3 amide bonds. The summed E-state index contributed by atoms with van der Waals surface area (Å²) in [4.78, 5) is 29.5. The number of hydrogen-bond acceptors (Lipinski definition) is 6. The molecule has 0 aromatic heterocycles. The van der Waals surface area contributed by atoms with Gasteiger partial charge in [-0.2, -0.15) is 0 Å². The van der Waals surface area contributed by atoms with Crippen LogP contribution in [-0.2, 0) is 4.79 Å². The number of piperidine rings is 2. The van der Waals surface area contributed by atoms with Crippen molar-refractivity contribution < 1.29 is 23.8 Å². The van der Waals surface area contributed by atoms with Crippen LogP contribution in [0.4, 0.5) is 10.5 Å². The third-order valence-electron chi connectivity index (χ3n) is 7.18. The third kappa shape index (κ3) is 7.65. The second kappa shape index (κ2) is 13.4. The predicted molar refractivity (Wildman–Crippen MR) is 137 cm³/mol. The summed E-state index contributed by atoms with van der Waals surface area (Å²) in [5.74, 6) is 1.88. The highest BCUT2D eigenvalue weighted by Gasteiger charge is 2.25. The molecular formula is C26H42N4O5. The van der Waals surface area contributed by atoms with Crippen LogP contribution in [0.25, 0.3) is 0 Å². The highest BCUT2D eigenvalue weighted by atomic mass is 16.5. The highest BCUT2D eigenvalue weighted by molar-refractivity contribution is 5.90. The smallest absolute Gasteiger partial charge is 0.321 e. The monoisotopic (exact) mass is 490 g/mol. The molecule has 35 heavy (non-hydrogen) atoms. The van der Waals surface area contributed by atoms with E-state index in [1.807, 2.05) is 0 Å². The molecule has 9 nitrogen and oxygen atoms in total. The van der Waals surface area contributed by atoms with Crippen LogP contribution in [0.2, 0.25) is 0 Å². The molecule has 1 aromatic rings. The number of methoxy groups -OCH3 is 3. The van der Waals surface area contributed by atoms with Gasteiger partial charge >= 0.3 is 6.03 Å². The van der Waals surface area contributed by atoms with E-state index in [9.17, 15) is 9.59 Å². The molecule has 0 radical (unpaired) electrons. The lowest BCUT2D eigenvalue weighted by Crippen LogP contribution is -2.42. The van der Waals surface area contributed by atoms with Gasteiger partial charge in [0.15, 0.2) is 11.5 Å². The second-order valence-electron chi connectivity index (χ2n) is 9.56. The Morgan fingerprint density at radius 2 is 1.66 bits per heavy atom. The van der Waals surface area contributed by atoms with E-state index in [2.05, 4.69) is 22.5 Å². The summed E-state index contributed by atoms with van der Waals surface area (Å²) in [5, 5.41) is 6.01. The van der Waals surface area contributed by atoms with Crippen LogP contribution < -0.4 is 24.8 Å². The quantitative estimate of drug-likeness (QED) is 0.486. The van der Waals surface area contributed by atoms with Crippen LogP contribution in [0.3, 0.4) is 0 Å². The van der Waals surface area contributed by atoms with Gasteiger partial charge in [0.2, 0.25) is 11.7 Å². The summed E-state index contributed by atoms with van der Waals surface area (Å²) in [6.45, 7) is 6.52. The summed E-state index contributed by atoms with van der Waals surface area (Å²) in [7, 11) is 4.62. The number of urea groups is 1. The van der Waals surface area contributed by atoms with E-state index in [0.717, 1.165) is 32.4 Å². The SMILES string of the molecule is COc1cc(NC(=O)N2CCC(CC(=O)NCCCN3CCCC[C@H]3C)CC2)cc(OC)c1OC. The van der Waals surface area contributed by atoms with Crippen LogP contribution in [0.1, 0.15) is 51.9 Å². The van der Waals surface area contributed by atoms with E-state index in [1.165, 1.54) is 25.8 Å². The number of nitrogens with zero attached hydrogens (tertiary/aromatic N) is 2. The molecule has 2 aliphatic rings. The number of rotatable bonds is 10. The molecule has 2 saturated heterocycles. The van der Waals surface area contributed by atoms with Crippen molar-refractivity contribution in [2.24, 2.45) is 5.92 Å². The van der Waals surface area contributed by atoms with E-state index < -0.39 is 0 Å². The lowest BCUT2D eigenvalue weighted by molar-refractivity contribution is -0.122. The zero-order valence-corrected chi connectivity index (χ0v) is 21.7. The van der Waals surface area contributed by atoms with Crippen LogP contribution in [0.5, 0.6) is 17.2 Å². The van der Waals surface area contributed by atoms with Crippen molar-refractivity contribution in [3.05, 3.63) is 12.1 Å². The first-order valence-corrected chi connectivity index (χ1v) is 12.8. The maximum Gasteiger partial charge on any atom is 0.321 e. The molecule has 1 aromatic carbocycles. The van der Waals surface area contributed by atoms with Gasteiger partial charge in [-0.1, -0.05) is 6.42 Å². The predicted octanol–water partition coefficient (Wildman–Crippen LogP) is 3.73. The molecule has 0 bridgehead atoms. The van der Waals surface area contributed by atoms with Crippen LogP contribution in [0.15, 0.2) is 12.1 Å². The van der Waals surface area contributed by atoms with Gasteiger partial charge in [0.05, 0.1) is 27.0 Å². The molecule has 196 valence electrons. The number of hydrogen-bond donors (Lipinski definition) is 2. The molecule has 0 unspecified atom stereocenters.